The Labute approximate surface area is 88.2 Å². The molecule has 0 radical (unpaired) electrons. The number of fused-ring (bicyclic) bond motifs is 1. The van der Waals surface area contributed by atoms with E-state index in [1.54, 1.807) is 6.07 Å². The zero-order valence-electron chi connectivity index (χ0n) is 8.49. The van der Waals surface area contributed by atoms with Crippen molar-refractivity contribution in [1.82, 2.24) is 4.98 Å². The predicted molar refractivity (Wildman–Crippen MR) is 60.2 cm³/mol. The highest BCUT2D eigenvalue weighted by Crippen LogP contribution is 2.20. The standard InChI is InChI=1S/C12H11N3/c1-2-8-3-4-11-10(5-8)9(7-13)6-12(14)15-11/h3-6H,2H2,1H3,(H2,14,15). The van der Waals surface area contributed by atoms with Crippen molar-refractivity contribution in [2.24, 2.45) is 0 Å². The number of rotatable bonds is 1. The lowest BCUT2D eigenvalue weighted by molar-refractivity contribution is 1.14. The Balaban J connectivity index is 2.81. The molecule has 0 saturated carbocycles. The summed E-state index contributed by atoms with van der Waals surface area (Å²) in [6.07, 6.45) is 0.950. The Morgan fingerprint density at radius 2 is 2.20 bits per heavy atom. The quantitative estimate of drug-likeness (QED) is 0.762. The van der Waals surface area contributed by atoms with Crippen molar-refractivity contribution in [3.8, 4) is 6.07 Å². The molecule has 3 nitrogen and oxygen atoms in total. The van der Waals surface area contributed by atoms with Crippen LogP contribution in [0.4, 0.5) is 5.82 Å². The lowest BCUT2D eigenvalue weighted by Crippen LogP contribution is -1.93. The zero-order chi connectivity index (χ0) is 10.8. The van der Waals surface area contributed by atoms with Gasteiger partial charge in [0.2, 0.25) is 0 Å². The Kier molecular flexibility index (Phi) is 2.26. The van der Waals surface area contributed by atoms with E-state index in [1.807, 2.05) is 18.2 Å². The fourth-order valence-electron chi connectivity index (χ4n) is 1.61. The average Bonchev–Trinajstić information content (AvgIpc) is 2.27. The molecule has 0 unspecified atom stereocenters. The van der Waals surface area contributed by atoms with E-state index in [4.69, 9.17) is 11.0 Å². The highest BCUT2D eigenvalue weighted by molar-refractivity contribution is 5.86. The topological polar surface area (TPSA) is 62.7 Å². The molecule has 74 valence electrons. The number of nitrogens with zero attached hydrogens (tertiary/aromatic N) is 2. The first-order chi connectivity index (χ1) is 7.24. The van der Waals surface area contributed by atoms with Crippen molar-refractivity contribution >= 4 is 16.7 Å². The summed E-state index contributed by atoms with van der Waals surface area (Å²) in [4.78, 5) is 4.19. The van der Waals surface area contributed by atoms with Crippen molar-refractivity contribution < 1.29 is 0 Å². The molecule has 0 fully saturated rings. The first kappa shape index (κ1) is 9.47. The van der Waals surface area contributed by atoms with Crippen molar-refractivity contribution in [3.63, 3.8) is 0 Å². The van der Waals surface area contributed by atoms with Gasteiger partial charge in [-0.2, -0.15) is 5.26 Å². The number of nitrogen functional groups attached to an aromatic ring is 1. The molecule has 0 bridgehead atoms. The number of nitriles is 1. The van der Waals surface area contributed by atoms with E-state index in [1.165, 1.54) is 5.56 Å². The Morgan fingerprint density at radius 1 is 1.40 bits per heavy atom. The van der Waals surface area contributed by atoms with E-state index in [0.717, 1.165) is 17.3 Å². The summed E-state index contributed by atoms with van der Waals surface area (Å²) >= 11 is 0. The molecule has 0 spiro atoms. The van der Waals surface area contributed by atoms with Gasteiger partial charge in [-0.15, -0.1) is 0 Å². The number of hydrogen-bond acceptors (Lipinski definition) is 3. The molecule has 0 saturated heterocycles. The van der Waals surface area contributed by atoms with Gasteiger partial charge >= 0.3 is 0 Å². The smallest absolute Gasteiger partial charge is 0.125 e. The van der Waals surface area contributed by atoms with E-state index in [0.29, 0.717) is 11.4 Å². The predicted octanol–water partition coefficient (Wildman–Crippen LogP) is 2.25. The van der Waals surface area contributed by atoms with Crippen molar-refractivity contribution in [1.29, 1.82) is 5.26 Å². The minimum atomic E-state index is 0.392. The van der Waals surface area contributed by atoms with Gasteiger partial charge in [-0.05, 0) is 30.2 Å². The summed E-state index contributed by atoms with van der Waals surface area (Å²) in [5.74, 6) is 0.392. The van der Waals surface area contributed by atoms with E-state index in [9.17, 15) is 0 Å². The van der Waals surface area contributed by atoms with Gasteiger partial charge in [0.05, 0.1) is 17.1 Å². The fraction of sp³-hybridized carbons (Fsp3) is 0.167. The van der Waals surface area contributed by atoms with Gasteiger partial charge < -0.3 is 5.73 Å². The molecule has 2 rings (SSSR count). The second-order valence-electron chi connectivity index (χ2n) is 3.41. The summed E-state index contributed by atoms with van der Waals surface area (Å²) in [5.41, 5.74) is 8.18. The van der Waals surface area contributed by atoms with Crippen LogP contribution in [-0.2, 0) is 6.42 Å². The Morgan fingerprint density at radius 3 is 2.87 bits per heavy atom. The van der Waals surface area contributed by atoms with Crippen LogP contribution in [-0.4, -0.2) is 4.98 Å². The van der Waals surface area contributed by atoms with E-state index in [-0.39, 0.29) is 0 Å². The highest BCUT2D eigenvalue weighted by Gasteiger charge is 2.04. The van der Waals surface area contributed by atoms with Crippen LogP contribution in [0.1, 0.15) is 18.1 Å². The van der Waals surface area contributed by atoms with Crippen LogP contribution in [0.15, 0.2) is 24.3 Å². The molecule has 15 heavy (non-hydrogen) atoms. The Hall–Kier alpha value is -2.08. The summed E-state index contributed by atoms with van der Waals surface area (Å²) in [5, 5.41) is 9.87. The first-order valence-corrected chi connectivity index (χ1v) is 4.84. The summed E-state index contributed by atoms with van der Waals surface area (Å²) in [7, 11) is 0. The second kappa shape index (κ2) is 3.58. The van der Waals surface area contributed by atoms with E-state index in [2.05, 4.69) is 18.0 Å². The lowest BCUT2D eigenvalue weighted by Gasteiger charge is -2.03. The maximum Gasteiger partial charge on any atom is 0.125 e. The van der Waals surface area contributed by atoms with E-state index >= 15 is 0 Å². The van der Waals surface area contributed by atoms with Crippen LogP contribution >= 0.6 is 0 Å². The van der Waals surface area contributed by atoms with E-state index < -0.39 is 0 Å². The number of anilines is 1. The van der Waals surface area contributed by atoms with Crippen LogP contribution in [0.2, 0.25) is 0 Å². The largest absolute Gasteiger partial charge is 0.384 e. The van der Waals surface area contributed by atoms with Gasteiger partial charge in [0.1, 0.15) is 5.82 Å². The van der Waals surface area contributed by atoms with Gasteiger partial charge in [-0.3, -0.25) is 0 Å². The van der Waals surface area contributed by atoms with Crippen LogP contribution < -0.4 is 5.73 Å². The molecule has 2 aromatic rings. The van der Waals surface area contributed by atoms with Crippen LogP contribution in [0.25, 0.3) is 10.9 Å². The number of benzene rings is 1. The summed E-state index contributed by atoms with van der Waals surface area (Å²) in [6.45, 7) is 2.08. The van der Waals surface area contributed by atoms with Gasteiger partial charge in [0.25, 0.3) is 0 Å². The maximum absolute atomic E-state index is 8.99. The van der Waals surface area contributed by atoms with Crippen LogP contribution in [0.5, 0.6) is 0 Å². The third-order valence-electron chi connectivity index (χ3n) is 2.42. The van der Waals surface area contributed by atoms with Crippen molar-refractivity contribution in [3.05, 3.63) is 35.4 Å². The SMILES string of the molecule is CCc1ccc2nc(N)cc(C#N)c2c1. The van der Waals surface area contributed by atoms with Gasteiger partial charge in [-0.1, -0.05) is 13.0 Å². The molecule has 1 aromatic heterocycles. The third kappa shape index (κ3) is 1.62. The average molecular weight is 197 g/mol. The van der Waals surface area contributed by atoms with Crippen molar-refractivity contribution in [2.75, 3.05) is 5.73 Å². The molecule has 2 N–H and O–H groups in total. The molecule has 0 aliphatic heterocycles. The van der Waals surface area contributed by atoms with Crippen LogP contribution in [0, 0.1) is 11.3 Å². The molecule has 0 amide bonds. The monoisotopic (exact) mass is 197 g/mol. The van der Waals surface area contributed by atoms with Gasteiger partial charge in [0, 0.05) is 5.39 Å². The molecular weight excluding hydrogens is 186 g/mol. The molecule has 1 aromatic carbocycles. The molecule has 3 heteroatoms. The minimum Gasteiger partial charge on any atom is -0.384 e. The van der Waals surface area contributed by atoms with Gasteiger partial charge in [0.15, 0.2) is 0 Å². The maximum atomic E-state index is 8.99. The summed E-state index contributed by atoms with van der Waals surface area (Å²) < 4.78 is 0. The number of pyridine rings is 1. The molecule has 0 aliphatic rings. The molecular formula is C12H11N3. The number of nitrogens with two attached hydrogens (primary N) is 1. The number of aromatic nitrogens is 1. The minimum absolute atomic E-state index is 0.392. The number of aryl methyl sites for hydroxylation is 1. The number of hydrogen-bond donors (Lipinski definition) is 1. The summed E-state index contributed by atoms with van der Waals surface area (Å²) in [6, 6.07) is 9.67. The van der Waals surface area contributed by atoms with Crippen LogP contribution in [0.3, 0.4) is 0 Å². The normalized spacial score (nSPS) is 10.1. The fourth-order valence-corrected chi connectivity index (χ4v) is 1.61. The lowest BCUT2D eigenvalue weighted by atomic mass is 10.1. The molecule has 1 heterocycles. The zero-order valence-corrected chi connectivity index (χ0v) is 8.49. The highest BCUT2D eigenvalue weighted by atomic mass is 14.8. The Bertz CT molecular complexity index is 553. The molecule has 0 aliphatic carbocycles. The molecule has 0 atom stereocenters. The van der Waals surface area contributed by atoms with Crippen molar-refractivity contribution in [2.45, 2.75) is 13.3 Å². The van der Waals surface area contributed by atoms with Gasteiger partial charge in [-0.25, -0.2) is 4.98 Å². The first-order valence-electron chi connectivity index (χ1n) is 4.84. The third-order valence-corrected chi connectivity index (χ3v) is 2.42. The second-order valence-corrected chi connectivity index (χ2v) is 3.41.